The molecule has 0 radical (unpaired) electrons. The third-order valence-electron chi connectivity index (χ3n) is 3.98. The van der Waals surface area contributed by atoms with E-state index in [4.69, 9.17) is 13.9 Å². The van der Waals surface area contributed by atoms with E-state index >= 15 is 0 Å². The van der Waals surface area contributed by atoms with E-state index in [1.807, 2.05) is 13.0 Å². The molecule has 2 aromatic heterocycles. The minimum Gasteiger partial charge on any atom is -0.467 e. The van der Waals surface area contributed by atoms with E-state index in [1.54, 1.807) is 30.3 Å². The molecule has 2 aromatic rings. The SMILES string of the molecule is C=C[C@H]([C@H](O)CC/C(C)=C/c1ccc(CO)o1)[C@H](O)c1ccco1. The molecule has 0 saturated heterocycles. The lowest BCUT2D eigenvalue weighted by atomic mass is 9.90. The Balaban J connectivity index is 1.92. The first-order valence-electron chi connectivity index (χ1n) is 7.94. The number of hydrogen-bond acceptors (Lipinski definition) is 5. The van der Waals surface area contributed by atoms with Gasteiger partial charge in [0.05, 0.1) is 12.4 Å². The summed E-state index contributed by atoms with van der Waals surface area (Å²) >= 11 is 0. The fourth-order valence-corrected chi connectivity index (χ4v) is 2.59. The summed E-state index contributed by atoms with van der Waals surface area (Å²) in [5.41, 5.74) is 1.03. The van der Waals surface area contributed by atoms with E-state index < -0.39 is 18.1 Å². The van der Waals surface area contributed by atoms with Crippen LogP contribution < -0.4 is 0 Å². The molecule has 2 heterocycles. The normalized spacial score (nSPS) is 15.9. The second kappa shape index (κ2) is 8.68. The van der Waals surface area contributed by atoms with Crippen LogP contribution in [0.15, 0.2) is 57.6 Å². The minimum atomic E-state index is -0.922. The van der Waals surface area contributed by atoms with Crippen LogP contribution >= 0.6 is 0 Å². The van der Waals surface area contributed by atoms with Crippen LogP contribution in [-0.4, -0.2) is 21.4 Å². The van der Waals surface area contributed by atoms with Crippen LogP contribution in [0.2, 0.25) is 0 Å². The van der Waals surface area contributed by atoms with Crippen molar-refractivity contribution in [1.29, 1.82) is 0 Å². The molecular formula is C19H24O5. The van der Waals surface area contributed by atoms with Crippen molar-refractivity contribution >= 4 is 6.08 Å². The molecular weight excluding hydrogens is 308 g/mol. The number of furan rings is 2. The third kappa shape index (κ3) is 4.71. The van der Waals surface area contributed by atoms with Crippen LogP contribution in [0.3, 0.4) is 0 Å². The largest absolute Gasteiger partial charge is 0.467 e. The molecule has 0 amide bonds. The van der Waals surface area contributed by atoms with Crippen molar-refractivity contribution in [2.75, 3.05) is 0 Å². The van der Waals surface area contributed by atoms with E-state index in [0.717, 1.165) is 5.57 Å². The number of aliphatic hydroxyl groups excluding tert-OH is 3. The summed E-state index contributed by atoms with van der Waals surface area (Å²) in [5.74, 6) is 1.09. The van der Waals surface area contributed by atoms with Crippen LogP contribution in [-0.2, 0) is 6.61 Å². The predicted octanol–water partition coefficient (Wildman–Crippen LogP) is 3.45. The minimum absolute atomic E-state index is 0.128. The number of aliphatic hydroxyl groups is 3. The van der Waals surface area contributed by atoms with Gasteiger partial charge in [0, 0.05) is 5.92 Å². The fraction of sp³-hybridized carbons (Fsp3) is 0.368. The molecule has 3 N–H and O–H groups in total. The Kier molecular flexibility index (Phi) is 6.61. The van der Waals surface area contributed by atoms with Crippen molar-refractivity contribution in [2.45, 2.75) is 38.6 Å². The monoisotopic (exact) mass is 332 g/mol. The van der Waals surface area contributed by atoms with E-state index in [-0.39, 0.29) is 6.61 Å². The highest BCUT2D eigenvalue weighted by Crippen LogP contribution is 2.28. The zero-order chi connectivity index (χ0) is 17.5. The molecule has 5 nitrogen and oxygen atoms in total. The first-order chi connectivity index (χ1) is 11.5. The highest BCUT2D eigenvalue weighted by Gasteiger charge is 2.27. The summed E-state index contributed by atoms with van der Waals surface area (Å²) in [6.45, 7) is 5.52. The van der Waals surface area contributed by atoms with E-state index in [9.17, 15) is 10.2 Å². The summed E-state index contributed by atoms with van der Waals surface area (Å²) in [5, 5.41) is 29.7. The van der Waals surface area contributed by atoms with Crippen LogP contribution in [0, 0.1) is 5.92 Å². The summed E-state index contributed by atoms with van der Waals surface area (Å²) < 4.78 is 10.6. The Bertz CT molecular complexity index is 653. The molecule has 0 saturated carbocycles. The van der Waals surface area contributed by atoms with Gasteiger partial charge >= 0.3 is 0 Å². The van der Waals surface area contributed by atoms with Crippen LogP contribution in [0.25, 0.3) is 6.08 Å². The molecule has 130 valence electrons. The molecule has 24 heavy (non-hydrogen) atoms. The van der Waals surface area contributed by atoms with Gasteiger partial charge in [0.25, 0.3) is 0 Å². The average molecular weight is 332 g/mol. The van der Waals surface area contributed by atoms with Crippen molar-refractivity contribution in [2.24, 2.45) is 5.92 Å². The topological polar surface area (TPSA) is 87.0 Å². The molecule has 0 unspecified atom stereocenters. The lowest BCUT2D eigenvalue weighted by Gasteiger charge is -2.23. The quantitative estimate of drug-likeness (QED) is 0.612. The van der Waals surface area contributed by atoms with Gasteiger partial charge < -0.3 is 24.2 Å². The molecule has 0 fully saturated rings. The third-order valence-corrected chi connectivity index (χ3v) is 3.98. The molecule has 2 rings (SSSR count). The number of hydrogen-bond donors (Lipinski definition) is 3. The lowest BCUT2D eigenvalue weighted by Crippen LogP contribution is -2.24. The number of allylic oxidation sites excluding steroid dienone is 1. The van der Waals surface area contributed by atoms with Gasteiger partial charge in [-0.2, -0.15) is 0 Å². The Morgan fingerprint density at radius 2 is 2.08 bits per heavy atom. The van der Waals surface area contributed by atoms with Crippen LogP contribution in [0.5, 0.6) is 0 Å². The standard InChI is InChI=1S/C19H24O5/c1-3-16(19(22)18-5-4-10-23-18)17(21)9-6-13(2)11-14-7-8-15(12-20)24-14/h3-5,7-8,10-11,16-17,19-22H,1,6,9,12H2,2H3/b13-11+/t16-,17-,19+/m1/s1. The Labute approximate surface area is 141 Å². The molecule has 0 spiro atoms. The summed E-state index contributed by atoms with van der Waals surface area (Å²) in [6.07, 6.45) is 4.37. The van der Waals surface area contributed by atoms with Crippen molar-refractivity contribution in [3.63, 3.8) is 0 Å². The maximum atomic E-state index is 10.4. The van der Waals surface area contributed by atoms with E-state index in [2.05, 4.69) is 6.58 Å². The van der Waals surface area contributed by atoms with E-state index in [0.29, 0.717) is 30.1 Å². The number of rotatable bonds is 9. The van der Waals surface area contributed by atoms with Gasteiger partial charge in [-0.15, -0.1) is 6.58 Å². The highest BCUT2D eigenvalue weighted by atomic mass is 16.4. The summed E-state index contributed by atoms with van der Waals surface area (Å²) in [7, 11) is 0. The summed E-state index contributed by atoms with van der Waals surface area (Å²) in [6, 6.07) is 6.89. The fourth-order valence-electron chi connectivity index (χ4n) is 2.59. The average Bonchev–Trinajstić information content (AvgIpc) is 3.25. The van der Waals surface area contributed by atoms with Gasteiger partial charge in [-0.25, -0.2) is 0 Å². The van der Waals surface area contributed by atoms with Gasteiger partial charge in [0.1, 0.15) is 30.0 Å². The Hall–Kier alpha value is -2.08. The van der Waals surface area contributed by atoms with Crippen molar-refractivity contribution < 1.29 is 24.2 Å². The van der Waals surface area contributed by atoms with Gasteiger partial charge in [0.2, 0.25) is 0 Å². The van der Waals surface area contributed by atoms with Crippen LogP contribution in [0.1, 0.15) is 43.2 Å². The molecule has 0 aliphatic carbocycles. The van der Waals surface area contributed by atoms with Gasteiger partial charge in [0.15, 0.2) is 0 Å². The highest BCUT2D eigenvalue weighted by molar-refractivity contribution is 5.46. The molecule has 0 aliphatic heterocycles. The molecule has 0 aromatic carbocycles. The van der Waals surface area contributed by atoms with Gasteiger partial charge in [-0.1, -0.05) is 11.6 Å². The van der Waals surface area contributed by atoms with E-state index in [1.165, 1.54) is 6.26 Å². The second-order valence-electron chi connectivity index (χ2n) is 5.83. The molecule has 0 bridgehead atoms. The predicted molar refractivity (Wildman–Crippen MR) is 90.9 cm³/mol. The lowest BCUT2D eigenvalue weighted by molar-refractivity contribution is 0.0208. The molecule has 5 heteroatoms. The maximum Gasteiger partial charge on any atom is 0.132 e. The molecule has 0 aliphatic rings. The van der Waals surface area contributed by atoms with Crippen LogP contribution in [0.4, 0.5) is 0 Å². The van der Waals surface area contributed by atoms with Crippen molar-refractivity contribution in [3.8, 4) is 0 Å². The van der Waals surface area contributed by atoms with Crippen molar-refractivity contribution in [1.82, 2.24) is 0 Å². The second-order valence-corrected chi connectivity index (χ2v) is 5.83. The first-order valence-corrected chi connectivity index (χ1v) is 7.94. The summed E-state index contributed by atoms with van der Waals surface area (Å²) in [4.78, 5) is 0. The first kappa shape index (κ1) is 18.3. The smallest absolute Gasteiger partial charge is 0.132 e. The molecule has 3 atom stereocenters. The Morgan fingerprint density at radius 3 is 2.67 bits per heavy atom. The zero-order valence-corrected chi connectivity index (χ0v) is 13.8. The zero-order valence-electron chi connectivity index (χ0n) is 13.8. The maximum absolute atomic E-state index is 10.4. The Morgan fingerprint density at radius 1 is 1.29 bits per heavy atom. The van der Waals surface area contributed by atoms with Gasteiger partial charge in [-0.3, -0.25) is 0 Å². The van der Waals surface area contributed by atoms with Crippen molar-refractivity contribution in [3.05, 3.63) is 66.0 Å². The van der Waals surface area contributed by atoms with Gasteiger partial charge in [-0.05, 0) is 50.1 Å².